The zero-order valence-corrected chi connectivity index (χ0v) is 14.0. The van der Waals surface area contributed by atoms with Crippen LogP contribution in [-0.2, 0) is 16.1 Å². The topological polar surface area (TPSA) is 49.4 Å². The molecule has 0 bridgehead atoms. The molecule has 4 heteroatoms. The molecule has 1 aromatic carbocycles. The molecule has 2 amide bonds. The van der Waals surface area contributed by atoms with Gasteiger partial charge in [-0.15, -0.1) is 0 Å². The van der Waals surface area contributed by atoms with Gasteiger partial charge in [-0.2, -0.15) is 0 Å². The largest absolute Gasteiger partial charge is 0.356 e. The number of hydrogen-bond donors (Lipinski definition) is 1. The van der Waals surface area contributed by atoms with Crippen LogP contribution in [-0.4, -0.2) is 29.3 Å². The van der Waals surface area contributed by atoms with Gasteiger partial charge < -0.3 is 10.2 Å². The van der Waals surface area contributed by atoms with Crippen LogP contribution in [0, 0.1) is 0 Å². The highest BCUT2D eigenvalue weighted by molar-refractivity contribution is 5.96. The maximum atomic E-state index is 12.4. The number of benzene rings is 1. The minimum absolute atomic E-state index is 0.0700. The number of amides is 2. The molecule has 0 aliphatic heterocycles. The van der Waals surface area contributed by atoms with E-state index in [1.807, 2.05) is 44.2 Å². The van der Waals surface area contributed by atoms with E-state index >= 15 is 0 Å². The van der Waals surface area contributed by atoms with E-state index in [2.05, 4.69) is 12.2 Å². The number of unbranched alkanes of at least 4 members (excludes halogenated alkanes) is 2. The lowest BCUT2D eigenvalue weighted by Gasteiger charge is -2.26. The van der Waals surface area contributed by atoms with E-state index in [4.69, 9.17) is 0 Å². The first-order valence-corrected chi connectivity index (χ1v) is 8.14. The molecule has 122 valence electrons. The summed E-state index contributed by atoms with van der Waals surface area (Å²) in [7, 11) is 0. The van der Waals surface area contributed by atoms with Gasteiger partial charge in [0.1, 0.15) is 6.42 Å². The van der Waals surface area contributed by atoms with Crippen molar-refractivity contribution in [2.45, 2.75) is 59.0 Å². The second-order valence-electron chi connectivity index (χ2n) is 5.83. The highest BCUT2D eigenvalue weighted by Gasteiger charge is 2.19. The van der Waals surface area contributed by atoms with Crippen molar-refractivity contribution in [3.8, 4) is 0 Å². The minimum Gasteiger partial charge on any atom is -0.356 e. The van der Waals surface area contributed by atoms with Gasteiger partial charge in [0, 0.05) is 19.1 Å². The van der Waals surface area contributed by atoms with Gasteiger partial charge in [-0.1, -0.05) is 50.1 Å². The molecule has 0 atom stereocenters. The Morgan fingerprint density at radius 2 is 1.82 bits per heavy atom. The van der Waals surface area contributed by atoms with Crippen LogP contribution in [0.3, 0.4) is 0 Å². The van der Waals surface area contributed by atoms with Gasteiger partial charge in [0.2, 0.25) is 11.8 Å². The van der Waals surface area contributed by atoms with Crippen molar-refractivity contribution in [2.24, 2.45) is 0 Å². The van der Waals surface area contributed by atoms with Crippen molar-refractivity contribution in [3.63, 3.8) is 0 Å². The van der Waals surface area contributed by atoms with Crippen molar-refractivity contribution >= 4 is 11.8 Å². The second kappa shape index (κ2) is 9.98. The van der Waals surface area contributed by atoms with Crippen LogP contribution >= 0.6 is 0 Å². The molecule has 0 saturated carbocycles. The molecule has 22 heavy (non-hydrogen) atoms. The Morgan fingerprint density at radius 1 is 1.14 bits per heavy atom. The summed E-state index contributed by atoms with van der Waals surface area (Å²) < 4.78 is 0. The van der Waals surface area contributed by atoms with E-state index in [0.717, 1.165) is 24.8 Å². The number of carbonyl (C=O) groups excluding carboxylic acids is 2. The summed E-state index contributed by atoms with van der Waals surface area (Å²) in [4.78, 5) is 25.9. The molecule has 0 spiro atoms. The summed E-state index contributed by atoms with van der Waals surface area (Å²) in [6, 6.07) is 9.92. The fraction of sp³-hybridized carbons (Fsp3) is 0.556. The monoisotopic (exact) mass is 304 g/mol. The molecule has 0 heterocycles. The molecular weight excluding hydrogens is 276 g/mol. The van der Waals surface area contributed by atoms with Crippen molar-refractivity contribution in [1.29, 1.82) is 0 Å². The third kappa shape index (κ3) is 6.74. The van der Waals surface area contributed by atoms with Crippen molar-refractivity contribution < 1.29 is 9.59 Å². The summed E-state index contributed by atoms with van der Waals surface area (Å²) in [5, 5.41) is 2.82. The highest BCUT2D eigenvalue weighted by Crippen LogP contribution is 2.10. The van der Waals surface area contributed by atoms with E-state index in [1.54, 1.807) is 4.90 Å². The SMILES string of the molecule is CCCCCNC(=O)CC(=O)N(Cc1ccccc1)C(C)C. The Morgan fingerprint density at radius 3 is 2.41 bits per heavy atom. The molecule has 1 aromatic rings. The molecule has 0 saturated heterocycles. The van der Waals surface area contributed by atoms with E-state index in [9.17, 15) is 9.59 Å². The second-order valence-corrected chi connectivity index (χ2v) is 5.83. The number of hydrogen-bond acceptors (Lipinski definition) is 2. The minimum atomic E-state index is -0.181. The number of nitrogens with zero attached hydrogens (tertiary/aromatic N) is 1. The summed E-state index contributed by atoms with van der Waals surface area (Å²) in [6.07, 6.45) is 3.11. The van der Waals surface area contributed by atoms with E-state index in [0.29, 0.717) is 13.1 Å². The zero-order chi connectivity index (χ0) is 16.4. The lowest BCUT2D eigenvalue weighted by atomic mass is 10.1. The Kier molecular flexibility index (Phi) is 8.26. The normalized spacial score (nSPS) is 10.5. The van der Waals surface area contributed by atoms with E-state index < -0.39 is 0 Å². The molecule has 1 rings (SSSR count). The van der Waals surface area contributed by atoms with Crippen LogP contribution in [0.4, 0.5) is 0 Å². The third-order valence-corrected chi connectivity index (χ3v) is 3.55. The van der Waals surface area contributed by atoms with Crippen LogP contribution in [0.25, 0.3) is 0 Å². The van der Waals surface area contributed by atoms with Crippen molar-refractivity contribution in [3.05, 3.63) is 35.9 Å². The van der Waals surface area contributed by atoms with Crippen LogP contribution in [0.15, 0.2) is 30.3 Å². The van der Waals surface area contributed by atoms with E-state index in [1.165, 1.54) is 0 Å². The molecule has 0 unspecified atom stereocenters. The average Bonchev–Trinajstić information content (AvgIpc) is 2.50. The van der Waals surface area contributed by atoms with Crippen molar-refractivity contribution in [1.82, 2.24) is 10.2 Å². The Labute approximate surface area is 133 Å². The predicted molar refractivity (Wildman–Crippen MR) is 89.3 cm³/mol. The van der Waals surface area contributed by atoms with Crippen LogP contribution in [0.5, 0.6) is 0 Å². The maximum absolute atomic E-state index is 12.4. The van der Waals surface area contributed by atoms with Crippen LogP contribution in [0.1, 0.15) is 52.0 Å². The fourth-order valence-corrected chi connectivity index (χ4v) is 2.24. The highest BCUT2D eigenvalue weighted by atomic mass is 16.2. The smallest absolute Gasteiger partial charge is 0.232 e. The Bertz CT molecular complexity index is 457. The molecular formula is C18H28N2O2. The first-order valence-electron chi connectivity index (χ1n) is 8.14. The molecule has 1 N–H and O–H groups in total. The summed E-state index contributed by atoms with van der Waals surface area (Å²) in [5.74, 6) is -0.299. The van der Waals surface area contributed by atoms with Gasteiger partial charge in [-0.3, -0.25) is 9.59 Å². The third-order valence-electron chi connectivity index (χ3n) is 3.55. The fourth-order valence-electron chi connectivity index (χ4n) is 2.24. The lowest BCUT2D eigenvalue weighted by molar-refractivity contribution is -0.137. The average molecular weight is 304 g/mol. The molecule has 0 fully saturated rings. The molecule has 0 aliphatic rings. The number of carbonyl (C=O) groups is 2. The van der Waals surface area contributed by atoms with Gasteiger partial charge in [0.25, 0.3) is 0 Å². The van der Waals surface area contributed by atoms with Gasteiger partial charge >= 0.3 is 0 Å². The maximum Gasteiger partial charge on any atom is 0.232 e. The van der Waals surface area contributed by atoms with Crippen LogP contribution < -0.4 is 5.32 Å². The summed E-state index contributed by atoms with van der Waals surface area (Å²) >= 11 is 0. The summed E-state index contributed by atoms with van der Waals surface area (Å²) in [6.45, 7) is 7.26. The number of rotatable bonds is 9. The standard InChI is InChI=1S/C18H28N2O2/c1-4-5-9-12-19-17(21)13-18(22)20(15(2)3)14-16-10-7-6-8-11-16/h6-8,10-11,15H,4-5,9,12-14H2,1-3H3,(H,19,21). The quantitative estimate of drug-likeness (QED) is 0.563. The predicted octanol–water partition coefficient (Wildman–Crippen LogP) is 3.12. The van der Waals surface area contributed by atoms with Crippen LogP contribution in [0.2, 0.25) is 0 Å². The molecule has 0 aliphatic carbocycles. The Hall–Kier alpha value is -1.84. The van der Waals surface area contributed by atoms with Gasteiger partial charge in [0.05, 0.1) is 0 Å². The van der Waals surface area contributed by atoms with Gasteiger partial charge in [0.15, 0.2) is 0 Å². The lowest BCUT2D eigenvalue weighted by Crippen LogP contribution is -2.39. The molecule has 4 nitrogen and oxygen atoms in total. The first-order chi connectivity index (χ1) is 10.5. The number of nitrogens with one attached hydrogen (secondary N) is 1. The summed E-state index contributed by atoms with van der Waals surface area (Å²) in [5.41, 5.74) is 1.08. The van der Waals surface area contributed by atoms with Crippen molar-refractivity contribution in [2.75, 3.05) is 6.54 Å². The first kappa shape index (κ1) is 18.2. The van der Waals surface area contributed by atoms with Gasteiger partial charge in [-0.25, -0.2) is 0 Å². The zero-order valence-electron chi connectivity index (χ0n) is 14.0. The Balaban J connectivity index is 2.49. The van der Waals surface area contributed by atoms with E-state index in [-0.39, 0.29) is 24.3 Å². The molecule has 0 aromatic heterocycles. The van der Waals surface area contributed by atoms with Gasteiger partial charge in [-0.05, 0) is 25.8 Å². The molecule has 0 radical (unpaired) electrons.